The molecule has 172 valence electrons. The number of ether oxygens (including phenoxy) is 2. The zero-order valence-electron chi connectivity index (χ0n) is 17.8. The molecule has 9 heteroatoms. The molecule has 0 spiro atoms. The molecule has 33 heavy (non-hydrogen) atoms. The van der Waals surface area contributed by atoms with E-state index in [2.05, 4.69) is 10.0 Å². The number of sulfonamides is 1. The minimum atomic E-state index is -3.90. The molecule has 3 aromatic rings. The lowest BCUT2D eigenvalue weighted by molar-refractivity contribution is 0.0954. The van der Waals surface area contributed by atoms with Crippen molar-refractivity contribution in [2.45, 2.75) is 17.7 Å². The van der Waals surface area contributed by atoms with Gasteiger partial charge in [-0.3, -0.25) is 9.52 Å². The third kappa shape index (κ3) is 5.75. The van der Waals surface area contributed by atoms with Gasteiger partial charge < -0.3 is 19.9 Å². The second-order valence-corrected chi connectivity index (χ2v) is 9.20. The van der Waals surface area contributed by atoms with Crippen LogP contribution in [0.1, 0.15) is 22.3 Å². The average molecular weight is 469 g/mol. The highest BCUT2D eigenvalue weighted by Crippen LogP contribution is 2.32. The van der Waals surface area contributed by atoms with Gasteiger partial charge in [-0.25, -0.2) is 8.42 Å². The third-order valence-electron chi connectivity index (χ3n) is 5.02. The predicted octanol–water partition coefficient (Wildman–Crippen LogP) is 3.33. The number of phenols is 1. The molecule has 0 atom stereocenters. The van der Waals surface area contributed by atoms with Crippen LogP contribution in [0.4, 0.5) is 5.69 Å². The summed E-state index contributed by atoms with van der Waals surface area (Å²) in [4.78, 5) is 12.5. The Labute approximate surface area is 192 Å². The van der Waals surface area contributed by atoms with Gasteiger partial charge in [-0.1, -0.05) is 18.2 Å². The second kappa shape index (κ2) is 9.83. The Hall–Kier alpha value is -3.72. The van der Waals surface area contributed by atoms with Gasteiger partial charge in [-0.15, -0.1) is 0 Å². The molecule has 0 aromatic heterocycles. The topological polar surface area (TPSA) is 114 Å². The molecular formula is C24H24N2O6S. The van der Waals surface area contributed by atoms with Crippen molar-refractivity contribution >= 4 is 21.6 Å². The standard InChI is InChI=1S/C24H24N2O6S/c27-20-7-1-4-17(14-20)10-11-25-24(28)18-5-2-6-19(15-18)26-33(29,30)21-8-9-22-23(16-21)32-13-3-12-31-22/h1-2,4-9,14-16,26-27H,3,10-13H2,(H,25,28). The van der Waals surface area contributed by atoms with Crippen LogP contribution < -0.4 is 19.5 Å². The van der Waals surface area contributed by atoms with E-state index in [0.29, 0.717) is 43.2 Å². The van der Waals surface area contributed by atoms with Gasteiger partial charge in [0.05, 0.1) is 18.1 Å². The Morgan fingerprint density at radius 2 is 1.73 bits per heavy atom. The molecule has 1 heterocycles. The van der Waals surface area contributed by atoms with E-state index in [-0.39, 0.29) is 22.2 Å². The molecule has 0 bridgehead atoms. The highest BCUT2D eigenvalue weighted by molar-refractivity contribution is 7.92. The number of phenolic OH excluding ortho intramolecular Hbond substituents is 1. The molecule has 0 radical (unpaired) electrons. The first-order chi connectivity index (χ1) is 15.9. The highest BCUT2D eigenvalue weighted by atomic mass is 32.2. The van der Waals surface area contributed by atoms with Crippen molar-refractivity contribution in [1.29, 1.82) is 0 Å². The molecular weight excluding hydrogens is 444 g/mol. The number of rotatable bonds is 7. The molecule has 0 aliphatic carbocycles. The van der Waals surface area contributed by atoms with E-state index < -0.39 is 10.0 Å². The number of hydrogen-bond donors (Lipinski definition) is 3. The van der Waals surface area contributed by atoms with Crippen LogP contribution in [0.5, 0.6) is 17.2 Å². The van der Waals surface area contributed by atoms with Gasteiger partial charge >= 0.3 is 0 Å². The van der Waals surface area contributed by atoms with Crippen molar-refractivity contribution in [3.05, 3.63) is 77.9 Å². The van der Waals surface area contributed by atoms with Crippen LogP contribution >= 0.6 is 0 Å². The Morgan fingerprint density at radius 1 is 0.939 bits per heavy atom. The lowest BCUT2D eigenvalue weighted by Gasteiger charge is -2.12. The first-order valence-electron chi connectivity index (χ1n) is 10.5. The number of fused-ring (bicyclic) bond motifs is 1. The number of carbonyl (C=O) groups is 1. The van der Waals surface area contributed by atoms with Gasteiger partial charge in [-0.05, 0) is 54.4 Å². The summed E-state index contributed by atoms with van der Waals surface area (Å²) in [5.41, 5.74) is 1.49. The first kappa shape index (κ1) is 22.5. The minimum absolute atomic E-state index is 0.0349. The molecule has 0 saturated carbocycles. The maximum absolute atomic E-state index is 12.9. The van der Waals surface area contributed by atoms with E-state index in [1.165, 1.54) is 18.2 Å². The number of hydrogen-bond acceptors (Lipinski definition) is 6. The van der Waals surface area contributed by atoms with E-state index >= 15 is 0 Å². The average Bonchev–Trinajstić information content (AvgIpc) is 3.04. The Kier molecular flexibility index (Phi) is 6.69. The fourth-order valence-corrected chi connectivity index (χ4v) is 4.45. The van der Waals surface area contributed by atoms with E-state index in [4.69, 9.17) is 9.47 Å². The van der Waals surface area contributed by atoms with Gasteiger partial charge in [0.25, 0.3) is 15.9 Å². The Bertz CT molecular complexity index is 1260. The summed E-state index contributed by atoms with van der Waals surface area (Å²) < 4.78 is 39.4. The summed E-state index contributed by atoms with van der Waals surface area (Å²) in [6.07, 6.45) is 1.27. The zero-order valence-corrected chi connectivity index (χ0v) is 18.6. The van der Waals surface area contributed by atoms with E-state index in [9.17, 15) is 18.3 Å². The van der Waals surface area contributed by atoms with Crippen LogP contribution in [-0.4, -0.2) is 39.2 Å². The Morgan fingerprint density at radius 3 is 2.55 bits per heavy atom. The normalized spacial score (nSPS) is 13.1. The minimum Gasteiger partial charge on any atom is -0.508 e. The SMILES string of the molecule is O=C(NCCc1cccc(O)c1)c1cccc(NS(=O)(=O)c2ccc3c(c2)OCCCO3)c1. The van der Waals surface area contributed by atoms with E-state index in [1.807, 2.05) is 6.07 Å². The molecule has 1 aliphatic heterocycles. The Balaban J connectivity index is 1.42. The van der Waals surface area contributed by atoms with Crippen molar-refractivity contribution in [3.8, 4) is 17.2 Å². The summed E-state index contributed by atoms with van der Waals surface area (Å²) in [5, 5.41) is 12.3. The molecule has 0 unspecified atom stereocenters. The van der Waals surface area contributed by atoms with Gasteiger partial charge in [0.2, 0.25) is 0 Å². The lowest BCUT2D eigenvalue weighted by Crippen LogP contribution is -2.25. The van der Waals surface area contributed by atoms with Crippen LogP contribution in [0.2, 0.25) is 0 Å². The molecule has 3 aromatic carbocycles. The molecule has 4 rings (SSSR count). The number of nitrogens with one attached hydrogen (secondary N) is 2. The summed E-state index contributed by atoms with van der Waals surface area (Å²) in [6.45, 7) is 1.34. The summed E-state index contributed by atoms with van der Waals surface area (Å²) in [6, 6.07) is 17.5. The number of amides is 1. The molecule has 3 N–H and O–H groups in total. The summed E-state index contributed by atoms with van der Waals surface area (Å²) in [5.74, 6) is 0.741. The largest absolute Gasteiger partial charge is 0.508 e. The van der Waals surface area contributed by atoms with E-state index in [1.54, 1.807) is 42.5 Å². The fourth-order valence-electron chi connectivity index (χ4n) is 3.38. The van der Waals surface area contributed by atoms with Crippen LogP contribution in [0.3, 0.4) is 0 Å². The monoisotopic (exact) mass is 468 g/mol. The van der Waals surface area contributed by atoms with Gasteiger partial charge in [0, 0.05) is 30.3 Å². The van der Waals surface area contributed by atoms with Crippen LogP contribution in [-0.2, 0) is 16.4 Å². The highest BCUT2D eigenvalue weighted by Gasteiger charge is 2.19. The van der Waals surface area contributed by atoms with Gasteiger partial charge in [0.15, 0.2) is 11.5 Å². The molecule has 1 amide bonds. The third-order valence-corrected chi connectivity index (χ3v) is 6.40. The van der Waals surface area contributed by atoms with Crippen LogP contribution in [0.25, 0.3) is 0 Å². The van der Waals surface area contributed by atoms with E-state index in [0.717, 1.165) is 12.0 Å². The van der Waals surface area contributed by atoms with Gasteiger partial charge in [0.1, 0.15) is 5.75 Å². The predicted molar refractivity (Wildman–Crippen MR) is 123 cm³/mol. The maximum Gasteiger partial charge on any atom is 0.262 e. The summed E-state index contributed by atoms with van der Waals surface area (Å²) in [7, 11) is -3.90. The van der Waals surface area contributed by atoms with Gasteiger partial charge in [-0.2, -0.15) is 0 Å². The smallest absolute Gasteiger partial charge is 0.262 e. The lowest BCUT2D eigenvalue weighted by atomic mass is 10.1. The van der Waals surface area contributed by atoms with Crippen LogP contribution in [0.15, 0.2) is 71.6 Å². The first-order valence-corrected chi connectivity index (χ1v) is 12.0. The quantitative estimate of drug-likeness (QED) is 0.490. The summed E-state index contributed by atoms with van der Waals surface area (Å²) >= 11 is 0. The van der Waals surface area contributed by atoms with Crippen molar-refractivity contribution < 1.29 is 27.8 Å². The van der Waals surface area contributed by atoms with Crippen molar-refractivity contribution in [3.63, 3.8) is 0 Å². The van der Waals surface area contributed by atoms with Crippen molar-refractivity contribution in [2.24, 2.45) is 0 Å². The van der Waals surface area contributed by atoms with Crippen molar-refractivity contribution in [2.75, 3.05) is 24.5 Å². The molecule has 8 nitrogen and oxygen atoms in total. The fraction of sp³-hybridized carbons (Fsp3) is 0.208. The number of aromatic hydroxyl groups is 1. The maximum atomic E-state index is 12.9. The second-order valence-electron chi connectivity index (χ2n) is 7.52. The number of benzene rings is 3. The van der Waals surface area contributed by atoms with Crippen molar-refractivity contribution in [1.82, 2.24) is 5.32 Å². The number of carbonyl (C=O) groups excluding carboxylic acids is 1. The zero-order chi connectivity index (χ0) is 23.3. The molecule has 0 saturated heterocycles. The van der Waals surface area contributed by atoms with Crippen LogP contribution in [0, 0.1) is 0 Å². The number of anilines is 1. The molecule has 1 aliphatic rings. The molecule has 0 fully saturated rings.